The van der Waals surface area contributed by atoms with E-state index in [9.17, 15) is 9.59 Å². The number of ether oxygens (including phenoxy) is 2. The molecule has 0 fully saturated rings. The summed E-state index contributed by atoms with van der Waals surface area (Å²) in [5, 5.41) is 0. The summed E-state index contributed by atoms with van der Waals surface area (Å²) in [7, 11) is 0. The first-order chi connectivity index (χ1) is 17.7. The Hall–Kier alpha value is -0.770. The molecule has 4 nitrogen and oxygen atoms in total. The first kappa shape index (κ1) is 35.2. The van der Waals surface area contributed by atoms with Crippen LogP contribution >= 0.6 is 11.6 Å². The molecule has 0 saturated heterocycles. The van der Waals surface area contributed by atoms with E-state index in [-0.39, 0.29) is 11.9 Å². The summed E-state index contributed by atoms with van der Waals surface area (Å²) in [6, 6.07) is 0. The molecule has 0 aliphatic heterocycles. The lowest BCUT2D eigenvalue weighted by molar-refractivity contribution is -0.145. The van der Waals surface area contributed by atoms with Gasteiger partial charge in [-0.05, 0) is 25.7 Å². The van der Waals surface area contributed by atoms with Gasteiger partial charge in [-0.3, -0.25) is 9.59 Å². The van der Waals surface area contributed by atoms with Gasteiger partial charge in [-0.2, -0.15) is 0 Å². The fourth-order valence-electron chi connectivity index (χ4n) is 4.45. The highest BCUT2D eigenvalue weighted by Gasteiger charge is 2.07. The average Bonchev–Trinajstić information content (AvgIpc) is 2.87. The Morgan fingerprint density at radius 3 is 1.08 bits per heavy atom. The summed E-state index contributed by atoms with van der Waals surface area (Å²) < 4.78 is 10.5. The summed E-state index contributed by atoms with van der Waals surface area (Å²) in [4.78, 5) is 23.5. The van der Waals surface area contributed by atoms with Crippen molar-refractivity contribution in [2.45, 2.75) is 167 Å². The zero-order chi connectivity index (χ0) is 26.4. The Morgan fingerprint density at radius 1 is 0.444 bits per heavy atom. The van der Waals surface area contributed by atoms with Gasteiger partial charge in [0.1, 0.15) is 0 Å². The fraction of sp³-hybridized carbons (Fsp3) is 0.935. The van der Waals surface area contributed by atoms with Crippen molar-refractivity contribution in [1.82, 2.24) is 0 Å². The summed E-state index contributed by atoms with van der Waals surface area (Å²) in [5.41, 5.74) is 0. The second-order valence-corrected chi connectivity index (χ2v) is 10.8. The van der Waals surface area contributed by atoms with Crippen LogP contribution in [0, 0.1) is 0 Å². The van der Waals surface area contributed by atoms with E-state index in [1.807, 2.05) is 0 Å². The van der Waals surface area contributed by atoms with E-state index in [1.165, 1.54) is 109 Å². The van der Waals surface area contributed by atoms with E-state index < -0.39 is 0 Å². The molecule has 0 unspecified atom stereocenters. The Morgan fingerprint density at radius 2 is 0.750 bits per heavy atom. The minimum atomic E-state index is -0.206. The SMILES string of the molecule is CCCCCCCCCCCCCCCCCCOC(=O)CCCC(=O)OCCCCCCCCCl. The molecule has 0 aliphatic rings. The van der Waals surface area contributed by atoms with Gasteiger partial charge in [0.15, 0.2) is 0 Å². The fourth-order valence-corrected chi connectivity index (χ4v) is 4.64. The maximum Gasteiger partial charge on any atom is 0.305 e. The first-order valence-corrected chi connectivity index (χ1v) is 16.1. The molecule has 36 heavy (non-hydrogen) atoms. The third-order valence-electron chi connectivity index (χ3n) is 6.81. The van der Waals surface area contributed by atoms with Crippen LogP contribution in [0.25, 0.3) is 0 Å². The van der Waals surface area contributed by atoms with Crippen LogP contribution in [0.15, 0.2) is 0 Å². The quantitative estimate of drug-likeness (QED) is 0.0548. The largest absolute Gasteiger partial charge is 0.466 e. The molecule has 0 bridgehead atoms. The Kier molecular flexibility index (Phi) is 29.8. The zero-order valence-electron chi connectivity index (χ0n) is 23.8. The third kappa shape index (κ3) is 29.5. The molecule has 0 saturated carbocycles. The van der Waals surface area contributed by atoms with Crippen LogP contribution in [0.4, 0.5) is 0 Å². The number of esters is 2. The van der Waals surface area contributed by atoms with Gasteiger partial charge in [-0.15, -0.1) is 11.6 Å². The molecule has 0 rings (SSSR count). The standard InChI is InChI=1S/C31H59ClO4/c1-2-3-4-5-6-7-8-9-10-11-12-13-14-16-19-22-28-35-30(33)25-24-26-31(34)36-29-23-20-17-15-18-21-27-32/h2-29H2,1H3. The average molecular weight is 531 g/mol. The van der Waals surface area contributed by atoms with E-state index >= 15 is 0 Å². The number of carbonyl (C=O) groups excluding carboxylic acids is 2. The predicted molar refractivity (Wildman–Crippen MR) is 154 cm³/mol. The first-order valence-electron chi connectivity index (χ1n) is 15.6. The summed E-state index contributed by atoms with van der Waals surface area (Å²) in [6.45, 7) is 3.27. The highest BCUT2D eigenvalue weighted by Crippen LogP contribution is 2.14. The number of hydrogen-bond acceptors (Lipinski definition) is 4. The summed E-state index contributed by atoms with van der Waals surface area (Å²) in [5.74, 6) is 0.341. The minimum Gasteiger partial charge on any atom is -0.466 e. The number of hydrogen-bond donors (Lipinski definition) is 0. The van der Waals surface area contributed by atoms with Crippen LogP contribution in [0.1, 0.15) is 167 Å². The maximum atomic E-state index is 11.8. The smallest absolute Gasteiger partial charge is 0.305 e. The van der Waals surface area contributed by atoms with E-state index in [2.05, 4.69) is 6.92 Å². The molecule has 5 heteroatoms. The van der Waals surface area contributed by atoms with Gasteiger partial charge in [-0.1, -0.05) is 129 Å². The molecule has 214 valence electrons. The summed E-state index contributed by atoms with van der Waals surface area (Å²) in [6.07, 6.45) is 29.1. The molecular weight excluding hydrogens is 472 g/mol. The van der Waals surface area contributed by atoms with Crippen molar-refractivity contribution < 1.29 is 19.1 Å². The van der Waals surface area contributed by atoms with Crippen molar-refractivity contribution in [1.29, 1.82) is 0 Å². The zero-order valence-corrected chi connectivity index (χ0v) is 24.6. The van der Waals surface area contributed by atoms with Crippen LogP contribution in [0.2, 0.25) is 0 Å². The molecule has 0 aliphatic carbocycles. The van der Waals surface area contributed by atoms with Crippen molar-refractivity contribution in [3.63, 3.8) is 0 Å². The van der Waals surface area contributed by atoms with Gasteiger partial charge in [0.25, 0.3) is 0 Å². The number of alkyl halides is 1. The second-order valence-electron chi connectivity index (χ2n) is 10.4. The lowest BCUT2D eigenvalue weighted by atomic mass is 10.0. The molecule has 0 radical (unpaired) electrons. The van der Waals surface area contributed by atoms with Gasteiger partial charge in [0.2, 0.25) is 0 Å². The van der Waals surface area contributed by atoms with Crippen LogP contribution in [-0.2, 0) is 19.1 Å². The summed E-state index contributed by atoms with van der Waals surface area (Å²) >= 11 is 5.66. The van der Waals surface area contributed by atoms with Crippen molar-refractivity contribution in [2.75, 3.05) is 19.1 Å². The van der Waals surface area contributed by atoms with Crippen molar-refractivity contribution in [3.8, 4) is 0 Å². The van der Waals surface area contributed by atoms with Crippen molar-refractivity contribution in [3.05, 3.63) is 0 Å². The molecule has 0 atom stereocenters. The van der Waals surface area contributed by atoms with Crippen LogP contribution in [0.5, 0.6) is 0 Å². The van der Waals surface area contributed by atoms with Gasteiger partial charge in [0, 0.05) is 18.7 Å². The number of carbonyl (C=O) groups is 2. The molecule has 0 amide bonds. The number of halogens is 1. The number of unbranched alkanes of at least 4 members (excludes halogenated alkanes) is 20. The van der Waals surface area contributed by atoms with E-state index in [0.717, 1.165) is 38.0 Å². The van der Waals surface area contributed by atoms with Crippen LogP contribution in [0.3, 0.4) is 0 Å². The van der Waals surface area contributed by atoms with Crippen molar-refractivity contribution in [2.24, 2.45) is 0 Å². The van der Waals surface area contributed by atoms with Gasteiger partial charge >= 0.3 is 11.9 Å². The van der Waals surface area contributed by atoms with Gasteiger partial charge in [0.05, 0.1) is 13.2 Å². The normalized spacial score (nSPS) is 11.1. The van der Waals surface area contributed by atoms with Crippen molar-refractivity contribution >= 4 is 23.5 Å². The van der Waals surface area contributed by atoms with E-state index in [0.29, 0.717) is 32.5 Å². The lowest BCUT2D eigenvalue weighted by Gasteiger charge is -2.06. The Labute approximate surface area is 229 Å². The highest BCUT2D eigenvalue weighted by atomic mass is 35.5. The van der Waals surface area contributed by atoms with E-state index in [1.54, 1.807) is 0 Å². The second kappa shape index (κ2) is 30.5. The van der Waals surface area contributed by atoms with Gasteiger partial charge in [-0.25, -0.2) is 0 Å². The van der Waals surface area contributed by atoms with Crippen LogP contribution < -0.4 is 0 Å². The van der Waals surface area contributed by atoms with Crippen LogP contribution in [-0.4, -0.2) is 31.0 Å². The van der Waals surface area contributed by atoms with Gasteiger partial charge < -0.3 is 9.47 Å². The highest BCUT2D eigenvalue weighted by molar-refractivity contribution is 6.17. The topological polar surface area (TPSA) is 52.6 Å². The van der Waals surface area contributed by atoms with E-state index in [4.69, 9.17) is 21.1 Å². The molecule has 0 heterocycles. The molecule has 0 N–H and O–H groups in total. The lowest BCUT2D eigenvalue weighted by Crippen LogP contribution is -2.09. The Bertz CT molecular complexity index is 469. The third-order valence-corrected chi connectivity index (χ3v) is 7.08. The predicted octanol–water partition coefficient (Wildman–Crippen LogP) is 10.1. The molecule has 0 spiro atoms. The molecular formula is C31H59ClO4. The monoisotopic (exact) mass is 530 g/mol. The molecule has 0 aromatic heterocycles. The Balaban J connectivity index is 3.25. The molecule has 0 aromatic carbocycles. The maximum absolute atomic E-state index is 11.8. The number of rotatable bonds is 29. The molecule has 0 aromatic rings. The minimum absolute atomic E-state index is 0.194.